The Balaban J connectivity index is 1.72. The summed E-state index contributed by atoms with van der Waals surface area (Å²) >= 11 is 0. The number of hydrogen-bond donors (Lipinski definition) is 3. The van der Waals surface area contributed by atoms with Gasteiger partial charge in [-0.05, 0) is 17.7 Å². The van der Waals surface area contributed by atoms with Crippen LogP contribution in [0.5, 0.6) is 29.0 Å². The number of fused-ring (bicyclic) bond motifs is 1. The Kier molecular flexibility index (Phi) is 5.74. The van der Waals surface area contributed by atoms with Gasteiger partial charge in [-0.3, -0.25) is 14.3 Å². The molecule has 0 fully saturated rings. The molecule has 0 radical (unpaired) electrons. The Bertz CT molecular complexity index is 1360. The summed E-state index contributed by atoms with van der Waals surface area (Å²) in [6, 6.07) is 11.8. The van der Waals surface area contributed by atoms with Gasteiger partial charge in [-0.15, -0.1) is 0 Å². The molecule has 2 heterocycles. The number of nitrogens with zero attached hydrogens (tertiary/aromatic N) is 3. The second-order valence-corrected chi connectivity index (χ2v) is 7.34. The van der Waals surface area contributed by atoms with Crippen LogP contribution in [0.1, 0.15) is 5.56 Å². The molecule has 10 nitrogen and oxygen atoms in total. The van der Waals surface area contributed by atoms with Gasteiger partial charge < -0.3 is 29.3 Å². The van der Waals surface area contributed by atoms with Crippen LogP contribution in [0.3, 0.4) is 0 Å². The molecular weight excluding hydrogens is 428 g/mol. The lowest BCUT2D eigenvalue weighted by Gasteiger charge is -2.20. The number of methoxy groups -OCH3 is 3. The molecule has 0 aliphatic carbocycles. The number of ether oxygens (including phenoxy) is 3. The van der Waals surface area contributed by atoms with Crippen LogP contribution >= 0.6 is 0 Å². The SMILES string of the molecule is COc1cc2nc(N(C)Cc3cccc(-n4c(O)ccc4O)c3)[nH]c(=O)c2c(OC)c1OC. The molecule has 0 bridgehead atoms. The van der Waals surface area contributed by atoms with E-state index in [0.29, 0.717) is 35.2 Å². The van der Waals surface area contributed by atoms with Crippen LogP contribution in [0.15, 0.2) is 47.3 Å². The molecule has 0 spiro atoms. The molecule has 2 aromatic heterocycles. The van der Waals surface area contributed by atoms with Crippen LogP contribution in [0.4, 0.5) is 5.95 Å². The minimum atomic E-state index is -0.379. The number of nitrogens with one attached hydrogen (secondary N) is 1. The van der Waals surface area contributed by atoms with E-state index >= 15 is 0 Å². The number of hydrogen-bond acceptors (Lipinski definition) is 8. The van der Waals surface area contributed by atoms with Crippen molar-refractivity contribution in [2.75, 3.05) is 33.3 Å². The number of H-pyrrole nitrogens is 1. The fraction of sp³-hybridized carbons (Fsp3) is 0.217. The van der Waals surface area contributed by atoms with Gasteiger partial charge in [-0.1, -0.05) is 12.1 Å². The molecule has 33 heavy (non-hydrogen) atoms. The van der Waals surface area contributed by atoms with E-state index in [1.807, 2.05) is 18.2 Å². The highest BCUT2D eigenvalue weighted by Crippen LogP contribution is 2.41. The van der Waals surface area contributed by atoms with E-state index in [1.165, 1.54) is 38.0 Å². The molecule has 4 aromatic rings. The van der Waals surface area contributed by atoms with Crippen LogP contribution < -0.4 is 24.7 Å². The first kappa shape index (κ1) is 21.9. The maximum absolute atomic E-state index is 12.9. The number of aromatic nitrogens is 3. The first-order valence-corrected chi connectivity index (χ1v) is 10.0. The minimum absolute atomic E-state index is 0.0724. The molecule has 10 heteroatoms. The van der Waals surface area contributed by atoms with Crippen LogP contribution in [0.2, 0.25) is 0 Å². The van der Waals surface area contributed by atoms with Gasteiger partial charge in [0, 0.05) is 31.8 Å². The lowest BCUT2D eigenvalue weighted by atomic mass is 10.2. The highest BCUT2D eigenvalue weighted by Gasteiger charge is 2.21. The van der Waals surface area contributed by atoms with Crippen molar-refractivity contribution >= 4 is 16.9 Å². The Morgan fingerprint density at radius 1 is 1.00 bits per heavy atom. The van der Waals surface area contributed by atoms with E-state index in [9.17, 15) is 15.0 Å². The zero-order valence-electron chi connectivity index (χ0n) is 18.6. The van der Waals surface area contributed by atoms with Crippen molar-refractivity contribution < 1.29 is 24.4 Å². The molecule has 3 N–H and O–H groups in total. The average molecular weight is 452 g/mol. The lowest BCUT2D eigenvalue weighted by molar-refractivity contribution is 0.327. The Hall–Kier alpha value is -4.34. The first-order chi connectivity index (χ1) is 15.9. The summed E-state index contributed by atoms with van der Waals surface area (Å²) in [5, 5.41) is 20.3. The predicted molar refractivity (Wildman–Crippen MR) is 123 cm³/mol. The molecule has 0 saturated heterocycles. The van der Waals surface area contributed by atoms with Crippen LogP contribution in [0.25, 0.3) is 16.6 Å². The normalized spacial score (nSPS) is 10.9. The largest absolute Gasteiger partial charge is 0.494 e. The Morgan fingerprint density at radius 2 is 1.70 bits per heavy atom. The van der Waals surface area contributed by atoms with Gasteiger partial charge in [-0.2, -0.15) is 0 Å². The van der Waals surface area contributed by atoms with Crippen LogP contribution in [-0.4, -0.2) is 53.1 Å². The van der Waals surface area contributed by atoms with E-state index < -0.39 is 0 Å². The van der Waals surface area contributed by atoms with E-state index in [0.717, 1.165) is 5.56 Å². The molecular formula is C23H24N4O6. The van der Waals surface area contributed by atoms with Crippen molar-refractivity contribution in [1.82, 2.24) is 14.5 Å². The van der Waals surface area contributed by atoms with Crippen LogP contribution in [-0.2, 0) is 6.54 Å². The van der Waals surface area contributed by atoms with Gasteiger partial charge >= 0.3 is 0 Å². The van der Waals surface area contributed by atoms with Gasteiger partial charge in [-0.25, -0.2) is 4.98 Å². The highest BCUT2D eigenvalue weighted by atomic mass is 16.5. The minimum Gasteiger partial charge on any atom is -0.494 e. The van der Waals surface area contributed by atoms with Gasteiger partial charge in [0.2, 0.25) is 11.7 Å². The van der Waals surface area contributed by atoms with E-state index in [2.05, 4.69) is 9.97 Å². The Labute approximate surface area is 189 Å². The highest BCUT2D eigenvalue weighted by molar-refractivity contribution is 5.90. The van der Waals surface area contributed by atoms with Gasteiger partial charge in [0.1, 0.15) is 5.39 Å². The van der Waals surface area contributed by atoms with E-state index in [4.69, 9.17) is 14.2 Å². The van der Waals surface area contributed by atoms with Crippen LogP contribution in [0, 0.1) is 0 Å². The number of anilines is 1. The molecule has 0 aliphatic heterocycles. The number of rotatable bonds is 7. The summed E-state index contributed by atoms with van der Waals surface area (Å²) in [4.78, 5) is 22.1. The summed E-state index contributed by atoms with van der Waals surface area (Å²) in [5.41, 5.74) is 1.49. The second kappa shape index (κ2) is 8.65. The third-order valence-corrected chi connectivity index (χ3v) is 5.28. The maximum Gasteiger partial charge on any atom is 0.264 e. The fourth-order valence-electron chi connectivity index (χ4n) is 3.76. The molecule has 2 aromatic carbocycles. The number of benzene rings is 2. The molecule has 172 valence electrons. The zero-order chi connectivity index (χ0) is 23.7. The van der Waals surface area contributed by atoms with E-state index in [1.54, 1.807) is 24.1 Å². The number of aromatic amines is 1. The van der Waals surface area contributed by atoms with Gasteiger partial charge in [0.15, 0.2) is 23.3 Å². The predicted octanol–water partition coefficient (Wildman–Crippen LogP) is 2.79. The third-order valence-electron chi connectivity index (χ3n) is 5.28. The maximum atomic E-state index is 12.9. The summed E-state index contributed by atoms with van der Waals surface area (Å²) in [6.45, 7) is 0.398. The summed E-state index contributed by atoms with van der Waals surface area (Å²) in [6.07, 6.45) is 0. The Morgan fingerprint density at radius 3 is 2.33 bits per heavy atom. The van der Waals surface area contributed by atoms with Crippen molar-refractivity contribution in [3.8, 4) is 34.7 Å². The number of aromatic hydroxyl groups is 2. The van der Waals surface area contributed by atoms with Gasteiger partial charge in [0.05, 0.1) is 32.5 Å². The summed E-state index contributed by atoms with van der Waals surface area (Å²) < 4.78 is 17.5. The smallest absolute Gasteiger partial charge is 0.264 e. The average Bonchev–Trinajstić information content (AvgIpc) is 3.15. The molecule has 0 aliphatic rings. The molecule has 0 atom stereocenters. The molecule has 4 rings (SSSR count). The molecule has 0 saturated carbocycles. The summed E-state index contributed by atoms with van der Waals surface area (Å²) in [5.74, 6) is 1.16. The second-order valence-electron chi connectivity index (χ2n) is 7.34. The van der Waals surface area contributed by atoms with Crippen molar-refractivity contribution in [2.45, 2.75) is 6.54 Å². The topological polar surface area (TPSA) is 122 Å². The van der Waals surface area contributed by atoms with E-state index in [-0.39, 0.29) is 28.5 Å². The molecule has 0 unspecified atom stereocenters. The van der Waals surface area contributed by atoms with Crippen molar-refractivity contribution in [3.05, 3.63) is 58.4 Å². The van der Waals surface area contributed by atoms with Crippen molar-refractivity contribution in [2.24, 2.45) is 0 Å². The van der Waals surface area contributed by atoms with Gasteiger partial charge in [0.25, 0.3) is 5.56 Å². The zero-order valence-corrected chi connectivity index (χ0v) is 18.6. The third kappa shape index (κ3) is 3.86. The standard InChI is InChI=1S/C23H24N4O6/c1-26(12-13-6-5-7-14(10-13)27-17(28)8-9-18(27)29)23-24-15-11-16(31-2)20(32-3)21(33-4)19(15)22(30)25-23/h5-11,28-29H,12H2,1-4H3,(H,24,25,30). The fourth-order valence-corrected chi connectivity index (χ4v) is 3.76. The van der Waals surface area contributed by atoms with Crippen molar-refractivity contribution in [1.29, 1.82) is 0 Å². The quantitative estimate of drug-likeness (QED) is 0.391. The van der Waals surface area contributed by atoms with Crippen molar-refractivity contribution in [3.63, 3.8) is 0 Å². The lowest BCUT2D eigenvalue weighted by Crippen LogP contribution is -2.23. The first-order valence-electron chi connectivity index (χ1n) is 10.0. The molecule has 0 amide bonds. The summed E-state index contributed by atoms with van der Waals surface area (Å²) in [7, 11) is 6.21. The monoisotopic (exact) mass is 452 g/mol.